The molecular weight excluding hydrogens is 410 g/mol. The molecule has 0 radical (unpaired) electrons. The van der Waals surface area contributed by atoms with E-state index in [0.717, 1.165) is 5.56 Å². The fraction of sp³-hybridized carbons (Fsp3) is 0.0417. The van der Waals surface area contributed by atoms with E-state index in [9.17, 15) is 25.0 Å². The van der Waals surface area contributed by atoms with E-state index in [1.807, 2.05) is 19.1 Å². The normalized spacial score (nSPS) is 10.7. The van der Waals surface area contributed by atoms with Crippen LogP contribution in [0.15, 0.2) is 78.4 Å². The summed E-state index contributed by atoms with van der Waals surface area (Å²) in [5, 5.41) is 22.8. The first kappa shape index (κ1) is 21.9. The lowest BCUT2D eigenvalue weighted by Gasteiger charge is -2.06. The number of hydrogen-bond acceptors (Lipinski definition) is 6. The van der Waals surface area contributed by atoms with Gasteiger partial charge in [0.15, 0.2) is 0 Å². The van der Waals surface area contributed by atoms with Crippen molar-refractivity contribution in [1.29, 1.82) is 5.26 Å². The molecule has 3 aromatic carbocycles. The number of carbonyl (C=O) groups excluding carboxylic acids is 2. The lowest BCUT2D eigenvalue weighted by atomic mass is 10.1. The Hall–Kier alpha value is -4.77. The third kappa shape index (κ3) is 5.43. The van der Waals surface area contributed by atoms with Gasteiger partial charge in [0.1, 0.15) is 23.1 Å². The summed E-state index contributed by atoms with van der Waals surface area (Å²) in [4.78, 5) is 35.1. The summed E-state index contributed by atoms with van der Waals surface area (Å²) < 4.78 is 5.32. The minimum absolute atomic E-state index is 0.0120. The number of hydrogen-bond donors (Lipinski definition) is 1. The van der Waals surface area contributed by atoms with Crippen LogP contribution in [0.3, 0.4) is 0 Å². The number of nitro groups is 1. The first-order valence-electron chi connectivity index (χ1n) is 9.43. The molecule has 8 heteroatoms. The molecule has 0 aliphatic carbocycles. The molecule has 1 amide bonds. The Morgan fingerprint density at radius 3 is 2.31 bits per heavy atom. The minimum Gasteiger partial charge on any atom is -0.423 e. The van der Waals surface area contributed by atoms with Gasteiger partial charge in [-0.1, -0.05) is 42.0 Å². The molecule has 0 unspecified atom stereocenters. The van der Waals surface area contributed by atoms with Gasteiger partial charge in [0.2, 0.25) is 0 Å². The Labute approximate surface area is 183 Å². The Morgan fingerprint density at radius 1 is 1.03 bits per heavy atom. The molecule has 0 aromatic heterocycles. The number of benzene rings is 3. The van der Waals surface area contributed by atoms with Gasteiger partial charge in [-0.3, -0.25) is 14.9 Å². The predicted molar refractivity (Wildman–Crippen MR) is 118 cm³/mol. The number of ether oxygens (including phenoxy) is 1. The molecule has 0 spiro atoms. The Bertz CT molecular complexity index is 1240. The standard InChI is InChI=1S/C24H17N3O5/c1-16-6-10-18(11-7-16)24(29)32-20-12-8-17(9-13-20)14-19(15-25)23(28)26-21-4-2-3-5-22(21)27(30)31/h2-14H,1H3,(H,26,28). The van der Waals surface area contributed by atoms with Crippen molar-refractivity contribution in [2.24, 2.45) is 0 Å². The first-order chi connectivity index (χ1) is 15.4. The summed E-state index contributed by atoms with van der Waals surface area (Å²) in [5.74, 6) is -0.984. The highest BCUT2D eigenvalue weighted by molar-refractivity contribution is 6.10. The van der Waals surface area contributed by atoms with Gasteiger partial charge in [-0.15, -0.1) is 0 Å². The fourth-order valence-electron chi connectivity index (χ4n) is 2.73. The highest BCUT2D eigenvalue weighted by Crippen LogP contribution is 2.24. The number of nitrogens with zero attached hydrogens (tertiary/aromatic N) is 2. The van der Waals surface area contributed by atoms with Gasteiger partial charge >= 0.3 is 5.97 Å². The van der Waals surface area contributed by atoms with Crippen molar-refractivity contribution in [3.8, 4) is 11.8 Å². The van der Waals surface area contributed by atoms with E-state index in [2.05, 4.69) is 5.32 Å². The van der Waals surface area contributed by atoms with E-state index in [1.54, 1.807) is 30.3 Å². The van der Waals surface area contributed by atoms with Crippen LogP contribution in [0.1, 0.15) is 21.5 Å². The maximum absolute atomic E-state index is 12.4. The second kappa shape index (κ2) is 9.82. The summed E-state index contributed by atoms with van der Waals surface area (Å²) >= 11 is 0. The Balaban J connectivity index is 1.72. The van der Waals surface area contributed by atoms with Crippen molar-refractivity contribution >= 4 is 29.3 Å². The van der Waals surface area contributed by atoms with E-state index in [0.29, 0.717) is 16.9 Å². The summed E-state index contributed by atoms with van der Waals surface area (Å²) in [6.45, 7) is 1.91. The number of nitro benzene ring substituents is 1. The lowest BCUT2D eigenvalue weighted by molar-refractivity contribution is -0.383. The third-order valence-corrected chi connectivity index (χ3v) is 4.40. The van der Waals surface area contributed by atoms with Crippen molar-refractivity contribution in [3.63, 3.8) is 0 Å². The van der Waals surface area contributed by atoms with Crippen LogP contribution in [-0.4, -0.2) is 16.8 Å². The average Bonchev–Trinajstić information content (AvgIpc) is 2.79. The van der Waals surface area contributed by atoms with Crippen LogP contribution in [0.5, 0.6) is 5.75 Å². The zero-order valence-corrected chi connectivity index (χ0v) is 16.9. The largest absolute Gasteiger partial charge is 0.423 e. The first-order valence-corrected chi connectivity index (χ1v) is 9.43. The number of aryl methyl sites for hydroxylation is 1. The van der Waals surface area contributed by atoms with Gasteiger partial charge in [-0.05, 0) is 48.9 Å². The fourth-order valence-corrected chi connectivity index (χ4v) is 2.73. The van der Waals surface area contributed by atoms with Gasteiger partial charge in [0.25, 0.3) is 11.6 Å². The van der Waals surface area contributed by atoms with Crippen LogP contribution in [0, 0.1) is 28.4 Å². The number of para-hydroxylation sites is 2. The molecule has 1 N–H and O–H groups in total. The quantitative estimate of drug-likeness (QED) is 0.152. The van der Waals surface area contributed by atoms with Gasteiger partial charge in [0, 0.05) is 6.07 Å². The molecule has 32 heavy (non-hydrogen) atoms. The summed E-state index contributed by atoms with van der Waals surface area (Å²) in [6.07, 6.45) is 1.33. The second-order valence-electron chi connectivity index (χ2n) is 6.72. The average molecular weight is 427 g/mol. The van der Waals surface area contributed by atoms with E-state index >= 15 is 0 Å². The zero-order valence-electron chi connectivity index (χ0n) is 16.9. The van der Waals surface area contributed by atoms with Crippen molar-refractivity contribution in [3.05, 3.63) is 105 Å². The smallest absolute Gasteiger partial charge is 0.343 e. The van der Waals surface area contributed by atoms with Crippen LogP contribution in [0.25, 0.3) is 6.08 Å². The van der Waals surface area contributed by atoms with Crippen LogP contribution < -0.4 is 10.1 Å². The second-order valence-corrected chi connectivity index (χ2v) is 6.72. The number of anilines is 1. The topological polar surface area (TPSA) is 122 Å². The number of carbonyl (C=O) groups is 2. The van der Waals surface area contributed by atoms with Crippen LogP contribution in [-0.2, 0) is 4.79 Å². The third-order valence-electron chi connectivity index (χ3n) is 4.40. The Morgan fingerprint density at radius 2 is 1.69 bits per heavy atom. The molecule has 0 aliphatic rings. The van der Waals surface area contributed by atoms with Crippen molar-refractivity contribution in [1.82, 2.24) is 0 Å². The molecule has 0 bridgehead atoms. The number of rotatable bonds is 6. The van der Waals surface area contributed by atoms with Crippen LogP contribution in [0.2, 0.25) is 0 Å². The van der Waals surface area contributed by atoms with E-state index < -0.39 is 16.8 Å². The molecule has 0 heterocycles. The molecule has 0 fully saturated rings. The molecular formula is C24H17N3O5. The minimum atomic E-state index is -0.781. The number of nitrogens with one attached hydrogen (secondary N) is 1. The highest BCUT2D eigenvalue weighted by atomic mass is 16.6. The van der Waals surface area contributed by atoms with Crippen molar-refractivity contribution in [2.75, 3.05) is 5.32 Å². The van der Waals surface area contributed by atoms with E-state index in [1.165, 1.54) is 42.5 Å². The number of nitriles is 1. The number of esters is 1. The summed E-state index contributed by atoms with van der Waals surface area (Å²) in [6, 6.07) is 20.6. The molecule has 3 aromatic rings. The molecule has 3 rings (SSSR count). The summed E-state index contributed by atoms with van der Waals surface area (Å²) in [5.41, 5.74) is 1.41. The maximum Gasteiger partial charge on any atom is 0.343 e. The van der Waals surface area contributed by atoms with Gasteiger partial charge in [-0.25, -0.2) is 4.79 Å². The molecule has 0 aliphatic heterocycles. The highest BCUT2D eigenvalue weighted by Gasteiger charge is 2.17. The van der Waals surface area contributed by atoms with Gasteiger partial charge in [0.05, 0.1) is 10.5 Å². The van der Waals surface area contributed by atoms with Crippen LogP contribution in [0.4, 0.5) is 11.4 Å². The van der Waals surface area contributed by atoms with Crippen LogP contribution >= 0.6 is 0 Å². The SMILES string of the molecule is Cc1ccc(C(=O)Oc2ccc(C=C(C#N)C(=O)Nc3ccccc3[N+](=O)[O-])cc2)cc1. The number of amides is 1. The predicted octanol–water partition coefficient (Wildman–Crippen LogP) is 4.67. The van der Waals surface area contributed by atoms with Crippen molar-refractivity contribution in [2.45, 2.75) is 6.92 Å². The van der Waals surface area contributed by atoms with Crippen molar-refractivity contribution < 1.29 is 19.2 Å². The molecule has 0 saturated carbocycles. The molecule has 0 atom stereocenters. The molecule has 0 saturated heterocycles. The molecule has 8 nitrogen and oxygen atoms in total. The van der Waals surface area contributed by atoms with E-state index in [-0.39, 0.29) is 16.9 Å². The monoisotopic (exact) mass is 427 g/mol. The van der Waals surface area contributed by atoms with Gasteiger partial charge < -0.3 is 10.1 Å². The van der Waals surface area contributed by atoms with E-state index in [4.69, 9.17) is 4.74 Å². The lowest BCUT2D eigenvalue weighted by Crippen LogP contribution is -2.14. The summed E-state index contributed by atoms with van der Waals surface area (Å²) in [7, 11) is 0. The zero-order chi connectivity index (χ0) is 23.1. The van der Waals surface area contributed by atoms with Gasteiger partial charge in [-0.2, -0.15) is 5.26 Å². The molecule has 158 valence electrons. The maximum atomic E-state index is 12.4. The Kier molecular flexibility index (Phi) is 6.73.